The molecule has 2 saturated heterocycles. The SMILES string of the molecule is CC(C)(C)[Si](OCC1=C2[C@@H](CC/C(=C/c3ccccc3O)c3ccccn3)OC[C@@H]2[C@@H]2C(=O)N(c3cccc([N+](=O)[O-])c3)C(=O)[C@@H]2C1)(c1ccccc1)c1ccccc1. The van der Waals surface area contributed by atoms with Crippen molar-refractivity contribution in [1.82, 2.24) is 4.98 Å². The van der Waals surface area contributed by atoms with Crippen LogP contribution in [0.4, 0.5) is 11.4 Å². The number of phenolic OH excluding ortho intramolecular Hbond substituents is 1. The molecule has 10 nitrogen and oxygen atoms in total. The van der Waals surface area contributed by atoms with Gasteiger partial charge in [0, 0.05) is 29.8 Å². The number of imide groups is 1. The Hall–Kier alpha value is -6.01. The lowest BCUT2D eigenvalue weighted by Gasteiger charge is -2.44. The number of para-hydroxylation sites is 1. The highest BCUT2D eigenvalue weighted by Gasteiger charge is 2.58. The van der Waals surface area contributed by atoms with Gasteiger partial charge in [0.25, 0.3) is 14.0 Å². The van der Waals surface area contributed by atoms with Crippen LogP contribution in [0.5, 0.6) is 5.75 Å². The van der Waals surface area contributed by atoms with Gasteiger partial charge in [-0.2, -0.15) is 0 Å². The molecule has 4 atom stereocenters. The molecule has 3 heterocycles. The molecular formula is C48H47N3O7Si. The third-order valence-electron chi connectivity index (χ3n) is 12.1. The standard InChI is InChI=1S/C48H47N3O7Si/c1-48(2,3)59(37-18-6-4-7-19-37,38-20-8-5-9-21-38)58-30-34-28-39-45(47(54)50(46(39)53)35-16-14-17-36(29-35)51(55)56)40-31-57-43(44(34)40)25-24-32(41-22-12-13-26-49-41)27-33-15-10-11-23-42(33)52/h4-23,26-27,29,39-40,43,45,52H,24-25,28,30-31H2,1-3H3/b32-27-/t39-,40+,43-,45-/m1/s1. The second-order valence-corrected chi connectivity index (χ2v) is 20.9. The molecule has 1 aromatic heterocycles. The van der Waals surface area contributed by atoms with Crippen molar-refractivity contribution in [2.24, 2.45) is 17.8 Å². The van der Waals surface area contributed by atoms with Crippen LogP contribution < -0.4 is 15.3 Å². The number of rotatable bonds is 12. The summed E-state index contributed by atoms with van der Waals surface area (Å²) < 4.78 is 14.2. The highest BCUT2D eigenvalue weighted by molar-refractivity contribution is 6.99. The zero-order valence-electron chi connectivity index (χ0n) is 33.4. The number of aromatic nitrogens is 1. The fourth-order valence-electron chi connectivity index (χ4n) is 9.47. The first-order valence-electron chi connectivity index (χ1n) is 20.1. The van der Waals surface area contributed by atoms with E-state index in [-0.39, 0.29) is 53.3 Å². The van der Waals surface area contributed by atoms with Gasteiger partial charge in [0.1, 0.15) is 5.75 Å². The molecule has 59 heavy (non-hydrogen) atoms. The fraction of sp³-hybridized carbons (Fsp3) is 0.271. The molecule has 0 unspecified atom stereocenters. The number of anilines is 1. The molecule has 300 valence electrons. The number of nitro benzene ring substituents is 1. The molecule has 1 aliphatic carbocycles. The van der Waals surface area contributed by atoms with Gasteiger partial charge in [-0.15, -0.1) is 0 Å². The minimum Gasteiger partial charge on any atom is -0.507 e. The summed E-state index contributed by atoms with van der Waals surface area (Å²) in [5.74, 6) is -2.33. The lowest BCUT2D eigenvalue weighted by Crippen LogP contribution is -2.66. The minimum atomic E-state index is -3.02. The first-order chi connectivity index (χ1) is 28.5. The Bertz CT molecular complexity index is 2390. The van der Waals surface area contributed by atoms with E-state index in [2.05, 4.69) is 50.0 Å². The predicted molar refractivity (Wildman–Crippen MR) is 230 cm³/mol. The normalized spacial score (nSPS) is 20.8. The molecule has 1 N–H and O–H groups in total. The van der Waals surface area contributed by atoms with Crippen molar-refractivity contribution < 1.29 is 28.8 Å². The van der Waals surface area contributed by atoms with E-state index in [0.29, 0.717) is 24.8 Å². The van der Waals surface area contributed by atoms with Gasteiger partial charge in [-0.3, -0.25) is 24.7 Å². The van der Waals surface area contributed by atoms with Crippen molar-refractivity contribution in [2.75, 3.05) is 18.1 Å². The van der Waals surface area contributed by atoms with Crippen molar-refractivity contribution in [3.05, 3.63) is 166 Å². The molecule has 3 aliphatic rings. The first-order valence-corrected chi connectivity index (χ1v) is 22.0. The third kappa shape index (κ3) is 7.46. The van der Waals surface area contributed by atoms with E-state index in [1.807, 2.05) is 72.8 Å². The van der Waals surface area contributed by atoms with Crippen molar-refractivity contribution in [3.63, 3.8) is 0 Å². The summed E-state index contributed by atoms with van der Waals surface area (Å²) in [5.41, 5.74) is 4.33. The highest BCUT2D eigenvalue weighted by Crippen LogP contribution is 2.51. The number of hydrogen-bond acceptors (Lipinski definition) is 8. The van der Waals surface area contributed by atoms with Gasteiger partial charge in [-0.05, 0) is 81.7 Å². The molecule has 0 saturated carbocycles. The van der Waals surface area contributed by atoms with Crippen LogP contribution in [0.2, 0.25) is 5.04 Å². The topological polar surface area (TPSA) is 132 Å². The van der Waals surface area contributed by atoms with Crippen LogP contribution in [0.25, 0.3) is 11.6 Å². The van der Waals surface area contributed by atoms with Crippen molar-refractivity contribution in [2.45, 2.75) is 51.2 Å². The van der Waals surface area contributed by atoms with Crippen LogP contribution in [-0.4, -0.2) is 54.5 Å². The van der Waals surface area contributed by atoms with Gasteiger partial charge in [-0.1, -0.05) is 112 Å². The number of ether oxygens (including phenoxy) is 1. The number of pyridine rings is 1. The Morgan fingerprint density at radius 3 is 2.22 bits per heavy atom. The van der Waals surface area contributed by atoms with Crippen LogP contribution in [0.1, 0.15) is 51.3 Å². The number of carbonyl (C=O) groups excluding carboxylic acids is 2. The summed E-state index contributed by atoms with van der Waals surface area (Å²) >= 11 is 0. The maximum Gasteiger partial charge on any atom is 0.271 e. The molecule has 2 fully saturated rings. The lowest BCUT2D eigenvalue weighted by atomic mass is 9.69. The molecule has 11 heteroatoms. The number of non-ortho nitro benzene ring substituents is 1. The number of aromatic hydroxyl groups is 1. The Kier molecular flexibility index (Phi) is 11.0. The van der Waals surface area contributed by atoms with Gasteiger partial charge in [-0.25, -0.2) is 4.90 Å². The van der Waals surface area contributed by atoms with Crippen molar-refractivity contribution in [1.29, 1.82) is 0 Å². The lowest BCUT2D eigenvalue weighted by molar-refractivity contribution is -0.384. The van der Waals surface area contributed by atoms with E-state index >= 15 is 0 Å². The summed E-state index contributed by atoms with van der Waals surface area (Å²) in [4.78, 5) is 45.9. The first kappa shape index (κ1) is 39.8. The van der Waals surface area contributed by atoms with E-state index < -0.39 is 31.0 Å². The van der Waals surface area contributed by atoms with E-state index in [9.17, 15) is 24.8 Å². The molecule has 2 amide bonds. The summed E-state index contributed by atoms with van der Waals surface area (Å²) in [5, 5.41) is 24.4. The maximum absolute atomic E-state index is 14.5. The van der Waals surface area contributed by atoms with Crippen LogP contribution >= 0.6 is 0 Å². The third-order valence-corrected chi connectivity index (χ3v) is 17.1. The Labute approximate surface area is 345 Å². The number of allylic oxidation sites excluding steroid dienone is 1. The van der Waals surface area contributed by atoms with Crippen LogP contribution in [-0.2, 0) is 18.8 Å². The summed E-state index contributed by atoms with van der Waals surface area (Å²) in [6.45, 7) is 7.16. The van der Waals surface area contributed by atoms with Crippen LogP contribution in [0.15, 0.2) is 145 Å². The number of nitro groups is 1. The van der Waals surface area contributed by atoms with E-state index in [1.54, 1.807) is 24.4 Å². The molecule has 0 bridgehead atoms. The quantitative estimate of drug-likeness (QED) is 0.0440. The molecule has 0 radical (unpaired) electrons. The summed E-state index contributed by atoms with van der Waals surface area (Å²) in [6.07, 6.45) is 4.72. The second kappa shape index (κ2) is 16.3. The number of benzene rings is 4. The van der Waals surface area contributed by atoms with Crippen molar-refractivity contribution >= 4 is 53.5 Å². The molecule has 8 rings (SSSR count). The average Bonchev–Trinajstić information content (AvgIpc) is 3.78. The van der Waals surface area contributed by atoms with Gasteiger partial charge in [0.15, 0.2) is 0 Å². The fourth-order valence-corrected chi connectivity index (χ4v) is 14.0. The second-order valence-electron chi connectivity index (χ2n) is 16.5. The van der Waals surface area contributed by atoms with E-state index in [4.69, 9.17) is 9.16 Å². The average molecular weight is 806 g/mol. The number of carbonyl (C=O) groups is 2. The number of nitrogens with zero attached hydrogens (tertiary/aromatic N) is 3. The van der Waals surface area contributed by atoms with E-state index in [1.165, 1.54) is 18.2 Å². The summed E-state index contributed by atoms with van der Waals surface area (Å²) in [7, 11) is -3.02. The summed E-state index contributed by atoms with van der Waals surface area (Å²) in [6, 6.07) is 39.5. The Morgan fingerprint density at radius 1 is 0.898 bits per heavy atom. The van der Waals surface area contributed by atoms with E-state index in [0.717, 1.165) is 37.7 Å². The molecule has 4 aromatic carbocycles. The van der Waals surface area contributed by atoms with Gasteiger partial charge >= 0.3 is 0 Å². The monoisotopic (exact) mass is 805 g/mol. The zero-order chi connectivity index (χ0) is 41.3. The van der Waals surface area contributed by atoms with Crippen molar-refractivity contribution in [3.8, 4) is 5.75 Å². The van der Waals surface area contributed by atoms with Gasteiger partial charge in [0.2, 0.25) is 11.8 Å². The highest BCUT2D eigenvalue weighted by atomic mass is 28.4. The van der Waals surface area contributed by atoms with Crippen LogP contribution in [0.3, 0.4) is 0 Å². The molecule has 0 spiro atoms. The molecule has 5 aromatic rings. The minimum absolute atomic E-state index is 0.166. The Morgan fingerprint density at radius 2 is 1.58 bits per heavy atom. The number of fused-ring (bicyclic) bond motifs is 3. The van der Waals surface area contributed by atoms with Gasteiger partial charge < -0.3 is 14.3 Å². The largest absolute Gasteiger partial charge is 0.507 e. The smallest absolute Gasteiger partial charge is 0.271 e. The maximum atomic E-state index is 14.5. The Balaban J connectivity index is 1.20. The van der Waals surface area contributed by atoms with Gasteiger partial charge in [0.05, 0.1) is 47.5 Å². The molecular weight excluding hydrogens is 759 g/mol. The predicted octanol–water partition coefficient (Wildman–Crippen LogP) is 8.11. The number of phenols is 1. The molecule has 2 aliphatic heterocycles. The number of amides is 2. The zero-order valence-corrected chi connectivity index (χ0v) is 34.4. The number of hydrogen-bond donors (Lipinski definition) is 1. The van der Waals surface area contributed by atoms with Crippen LogP contribution in [0, 0.1) is 27.9 Å².